The molecule has 2 fully saturated rings. The molecule has 116 valence electrons. The molecule has 1 aliphatic carbocycles. The summed E-state index contributed by atoms with van der Waals surface area (Å²) in [5, 5.41) is 0. The van der Waals surface area contributed by atoms with Crippen LogP contribution in [-0.2, 0) is 4.79 Å². The molecule has 0 N–H and O–H groups in total. The Morgan fingerprint density at radius 1 is 1.10 bits per heavy atom. The number of piperidine rings is 1. The van der Waals surface area contributed by atoms with E-state index >= 15 is 0 Å². The van der Waals surface area contributed by atoms with Gasteiger partial charge in [-0.15, -0.1) is 0 Å². The van der Waals surface area contributed by atoms with Crippen molar-refractivity contribution in [3.8, 4) is 0 Å². The van der Waals surface area contributed by atoms with Crippen molar-refractivity contribution in [3.05, 3.63) is 0 Å². The maximum absolute atomic E-state index is 12.3. The van der Waals surface area contributed by atoms with Gasteiger partial charge in [-0.1, -0.05) is 12.8 Å². The van der Waals surface area contributed by atoms with Gasteiger partial charge < -0.3 is 0 Å². The van der Waals surface area contributed by atoms with E-state index in [-0.39, 0.29) is 18.4 Å². The van der Waals surface area contributed by atoms with Crippen LogP contribution < -0.4 is 0 Å². The lowest BCUT2D eigenvalue weighted by Gasteiger charge is -2.41. The summed E-state index contributed by atoms with van der Waals surface area (Å²) in [6, 6.07) is 0.199. The van der Waals surface area contributed by atoms with E-state index in [2.05, 4.69) is 4.90 Å². The second-order valence-electron chi connectivity index (χ2n) is 6.14. The highest BCUT2D eigenvalue weighted by Crippen LogP contribution is 2.32. The number of rotatable bonds is 4. The Kier molecular flexibility index (Phi) is 5.47. The van der Waals surface area contributed by atoms with Crippen molar-refractivity contribution in [1.29, 1.82) is 0 Å². The molecule has 20 heavy (non-hydrogen) atoms. The molecule has 0 aromatic heterocycles. The van der Waals surface area contributed by atoms with Crippen LogP contribution in [0.2, 0.25) is 0 Å². The van der Waals surface area contributed by atoms with E-state index in [1.807, 2.05) is 0 Å². The number of halogens is 3. The number of carbonyl (C=O) groups excluding carboxylic acids is 1. The molecule has 0 aromatic rings. The quantitative estimate of drug-likeness (QED) is 0.782. The Balaban J connectivity index is 1.89. The number of alkyl halides is 3. The lowest BCUT2D eigenvalue weighted by Crippen LogP contribution is -2.47. The zero-order chi connectivity index (χ0) is 14.6. The standard InChI is InChI=1S/C15H24F3NO/c16-15(17,18)9-5-11-19-10-4-3-7-13(19)12-6-1-2-8-14(12)20/h12-13H,1-11H2. The van der Waals surface area contributed by atoms with Crippen LogP contribution >= 0.6 is 0 Å². The Morgan fingerprint density at radius 2 is 1.85 bits per heavy atom. The fourth-order valence-electron chi connectivity index (χ4n) is 3.65. The molecular weight excluding hydrogens is 267 g/mol. The summed E-state index contributed by atoms with van der Waals surface area (Å²) in [7, 11) is 0. The van der Waals surface area contributed by atoms with Gasteiger partial charge in [0, 0.05) is 24.8 Å². The van der Waals surface area contributed by atoms with Crippen LogP contribution in [0, 0.1) is 5.92 Å². The lowest BCUT2D eigenvalue weighted by molar-refractivity contribution is -0.138. The van der Waals surface area contributed by atoms with Gasteiger partial charge in [0.15, 0.2) is 0 Å². The van der Waals surface area contributed by atoms with E-state index in [9.17, 15) is 18.0 Å². The third-order valence-corrected chi connectivity index (χ3v) is 4.64. The van der Waals surface area contributed by atoms with Crippen molar-refractivity contribution in [3.63, 3.8) is 0 Å². The molecule has 2 aliphatic rings. The van der Waals surface area contributed by atoms with Crippen LogP contribution in [0.4, 0.5) is 13.2 Å². The first-order chi connectivity index (χ1) is 9.47. The molecule has 1 aliphatic heterocycles. The molecule has 2 nitrogen and oxygen atoms in total. The highest BCUT2D eigenvalue weighted by Gasteiger charge is 2.35. The molecule has 0 bridgehead atoms. The Bertz CT molecular complexity index is 330. The SMILES string of the molecule is O=C1CCCCC1C1CCCCN1CCCC(F)(F)F. The third-order valence-electron chi connectivity index (χ3n) is 4.64. The first-order valence-corrected chi connectivity index (χ1v) is 7.81. The van der Waals surface area contributed by atoms with Crippen molar-refractivity contribution in [1.82, 2.24) is 4.90 Å². The van der Waals surface area contributed by atoms with Crippen molar-refractivity contribution < 1.29 is 18.0 Å². The highest BCUT2D eigenvalue weighted by molar-refractivity contribution is 5.82. The Morgan fingerprint density at radius 3 is 2.55 bits per heavy atom. The van der Waals surface area contributed by atoms with Crippen molar-refractivity contribution >= 4 is 5.78 Å². The van der Waals surface area contributed by atoms with E-state index < -0.39 is 12.6 Å². The average molecular weight is 291 g/mol. The van der Waals surface area contributed by atoms with Crippen molar-refractivity contribution in [2.75, 3.05) is 13.1 Å². The number of likely N-dealkylation sites (tertiary alicyclic amines) is 1. The number of hydrogen-bond acceptors (Lipinski definition) is 2. The van der Waals surface area contributed by atoms with Crippen LogP contribution in [0.5, 0.6) is 0 Å². The summed E-state index contributed by atoms with van der Waals surface area (Å²) in [5.41, 5.74) is 0. The van der Waals surface area contributed by atoms with Crippen LogP contribution in [0.3, 0.4) is 0 Å². The number of ketones is 1. The summed E-state index contributed by atoms with van der Waals surface area (Å²) in [5.74, 6) is 0.416. The molecule has 5 heteroatoms. The topological polar surface area (TPSA) is 20.3 Å². The number of hydrogen-bond donors (Lipinski definition) is 0. The Labute approximate surface area is 118 Å². The molecule has 0 amide bonds. The van der Waals surface area contributed by atoms with Crippen LogP contribution in [0.15, 0.2) is 0 Å². The zero-order valence-electron chi connectivity index (χ0n) is 11.9. The average Bonchev–Trinajstić information content (AvgIpc) is 2.39. The van der Waals surface area contributed by atoms with Gasteiger partial charge in [0.25, 0.3) is 0 Å². The summed E-state index contributed by atoms with van der Waals surface area (Å²) < 4.78 is 36.8. The van der Waals surface area contributed by atoms with Gasteiger partial charge in [0.05, 0.1) is 0 Å². The molecule has 0 spiro atoms. The monoisotopic (exact) mass is 291 g/mol. The number of carbonyl (C=O) groups is 1. The largest absolute Gasteiger partial charge is 0.389 e. The predicted octanol–water partition coefficient (Wildman–Crippen LogP) is 3.94. The van der Waals surface area contributed by atoms with Gasteiger partial charge in [-0.2, -0.15) is 13.2 Å². The van der Waals surface area contributed by atoms with Crippen LogP contribution in [0.1, 0.15) is 57.8 Å². The fourth-order valence-corrected chi connectivity index (χ4v) is 3.65. The van der Waals surface area contributed by atoms with Gasteiger partial charge in [-0.3, -0.25) is 9.69 Å². The maximum Gasteiger partial charge on any atom is 0.389 e. The molecule has 1 heterocycles. The third kappa shape index (κ3) is 4.47. The molecule has 2 atom stereocenters. The molecule has 1 saturated carbocycles. The summed E-state index contributed by atoms with van der Waals surface area (Å²) >= 11 is 0. The summed E-state index contributed by atoms with van der Waals surface area (Å²) in [4.78, 5) is 14.2. The van der Waals surface area contributed by atoms with Gasteiger partial charge in [0.2, 0.25) is 0 Å². The van der Waals surface area contributed by atoms with Crippen LogP contribution in [0.25, 0.3) is 0 Å². The summed E-state index contributed by atoms with van der Waals surface area (Å²) in [6.07, 6.45) is 2.16. The van der Waals surface area contributed by atoms with Gasteiger partial charge in [-0.05, 0) is 45.2 Å². The lowest BCUT2D eigenvalue weighted by atomic mass is 9.79. The second-order valence-corrected chi connectivity index (χ2v) is 6.14. The van der Waals surface area contributed by atoms with Crippen LogP contribution in [-0.4, -0.2) is 36.0 Å². The minimum absolute atomic E-state index is 0.0786. The first kappa shape index (κ1) is 15.8. The molecule has 0 radical (unpaired) electrons. The maximum atomic E-state index is 12.3. The second kappa shape index (κ2) is 6.92. The smallest absolute Gasteiger partial charge is 0.300 e. The molecule has 1 saturated heterocycles. The van der Waals surface area contributed by atoms with Crippen molar-refractivity contribution in [2.45, 2.75) is 70.0 Å². The predicted molar refractivity (Wildman–Crippen MR) is 71.5 cm³/mol. The van der Waals surface area contributed by atoms with E-state index in [1.54, 1.807) is 0 Å². The minimum Gasteiger partial charge on any atom is -0.300 e. The molecular formula is C15H24F3NO. The Hall–Kier alpha value is -0.580. The van der Waals surface area contributed by atoms with E-state index in [0.717, 1.165) is 45.1 Å². The normalized spacial score (nSPS) is 29.6. The number of nitrogens with zero attached hydrogens (tertiary/aromatic N) is 1. The van der Waals surface area contributed by atoms with E-state index in [4.69, 9.17) is 0 Å². The molecule has 0 aromatic carbocycles. The number of Topliss-reactive ketones (excluding diaryl/α,β-unsaturated/α-hetero) is 1. The summed E-state index contributed by atoms with van der Waals surface area (Å²) in [6.45, 7) is 1.33. The van der Waals surface area contributed by atoms with E-state index in [1.165, 1.54) is 0 Å². The van der Waals surface area contributed by atoms with Gasteiger partial charge >= 0.3 is 6.18 Å². The van der Waals surface area contributed by atoms with E-state index in [0.29, 0.717) is 18.7 Å². The zero-order valence-corrected chi connectivity index (χ0v) is 11.9. The first-order valence-electron chi connectivity index (χ1n) is 7.81. The minimum atomic E-state index is -4.06. The molecule has 2 rings (SSSR count). The highest BCUT2D eigenvalue weighted by atomic mass is 19.4. The van der Waals surface area contributed by atoms with Gasteiger partial charge in [-0.25, -0.2) is 0 Å². The van der Waals surface area contributed by atoms with Gasteiger partial charge in [0.1, 0.15) is 5.78 Å². The van der Waals surface area contributed by atoms with Crippen molar-refractivity contribution in [2.24, 2.45) is 5.92 Å². The fraction of sp³-hybridized carbons (Fsp3) is 0.933. The molecule has 2 unspecified atom stereocenters.